The number of benzene rings is 6. The van der Waals surface area contributed by atoms with Crippen LogP contribution in [0.3, 0.4) is 0 Å². The standard InChI is InChI=1S/C57H58N2O/c1-35(2)43-24-44(36(3)4)27-47(26-43)48-30-50(22-40-18-12-13-19-41(40)23-51-34-58-33-42-20-14-15-21-52(42)51)57(60)54(31-48)55-32-53(56(59-55)39-16-10-9-11-17-39)49-28-45(37(5)6)25-46(29-49)38(7)8/h9-21,24-38,53,60H,22-23H2,1-8H3. The van der Waals surface area contributed by atoms with Crippen LogP contribution in [-0.2, 0) is 12.8 Å². The summed E-state index contributed by atoms with van der Waals surface area (Å²) in [6, 6.07) is 46.2. The fourth-order valence-electron chi connectivity index (χ4n) is 8.61. The summed E-state index contributed by atoms with van der Waals surface area (Å²) < 4.78 is 0. The zero-order chi connectivity index (χ0) is 42.1. The molecule has 0 aliphatic carbocycles. The molecule has 2 heterocycles. The Morgan fingerprint density at radius 1 is 0.500 bits per heavy atom. The number of aromatic nitrogens is 1. The van der Waals surface area contributed by atoms with E-state index >= 15 is 0 Å². The van der Waals surface area contributed by atoms with Gasteiger partial charge in [0.05, 0.1) is 11.4 Å². The van der Waals surface area contributed by atoms with E-state index in [4.69, 9.17) is 4.99 Å². The van der Waals surface area contributed by atoms with Gasteiger partial charge in [-0.05, 0) is 120 Å². The minimum absolute atomic E-state index is 0.0723. The lowest BCUT2D eigenvalue weighted by Gasteiger charge is -2.19. The third-order valence-corrected chi connectivity index (χ3v) is 12.4. The van der Waals surface area contributed by atoms with Crippen molar-refractivity contribution in [1.29, 1.82) is 0 Å². The first-order chi connectivity index (χ1) is 28.9. The third kappa shape index (κ3) is 8.50. The Hall–Kier alpha value is -6.06. The van der Waals surface area contributed by atoms with E-state index in [1.807, 2.05) is 12.4 Å². The van der Waals surface area contributed by atoms with Crippen LogP contribution in [0.5, 0.6) is 5.75 Å². The topological polar surface area (TPSA) is 45.5 Å². The Morgan fingerprint density at radius 3 is 1.65 bits per heavy atom. The van der Waals surface area contributed by atoms with Gasteiger partial charge in [0.15, 0.2) is 0 Å². The monoisotopic (exact) mass is 786 g/mol. The van der Waals surface area contributed by atoms with E-state index in [1.54, 1.807) is 0 Å². The highest BCUT2D eigenvalue weighted by Gasteiger charge is 2.28. The number of allylic oxidation sites excluding steroid dienone is 1. The number of hydrogen-bond donors (Lipinski definition) is 1. The first kappa shape index (κ1) is 40.7. The summed E-state index contributed by atoms with van der Waals surface area (Å²) in [7, 11) is 0. The summed E-state index contributed by atoms with van der Waals surface area (Å²) in [5, 5.41) is 15.0. The molecular weight excluding hydrogens is 729 g/mol. The second-order valence-corrected chi connectivity index (χ2v) is 18.0. The molecule has 60 heavy (non-hydrogen) atoms. The lowest BCUT2D eigenvalue weighted by molar-refractivity contribution is 0.467. The second kappa shape index (κ2) is 17.3. The maximum atomic E-state index is 12.6. The minimum Gasteiger partial charge on any atom is -0.507 e. The van der Waals surface area contributed by atoms with Crippen LogP contribution < -0.4 is 0 Å². The van der Waals surface area contributed by atoms with E-state index in [-0.39, 0.29) is 11.7 Å². The summed E-state index contributed by atoms with van der Waals surface area (Å²) in [5.74, 6) is 1.75. The van der Waals surface area contributed by atoms with Gasteiger partial charge in [-0.15, -0.1) is 0 Å². The van der Waals surface area contributed by atoms with Crippen LogP contribution in [-0.4, -0.2) is 15.8 Å². The summed E-state index contributed by atoms with van der Waals surface area (Å²) >= 11 is 0. The van der Waals surface area contributed by atoms with Crippen LogP contribution in [0, 0.1) is 0 Å². The molecule has 1 aliphatic rings. The molecule has 3 nitrogen and oxygen atoms in total. The van der Waals surface area contributed by atoms with Crippen LogP contribution in [0.2, 0.25) is 0 Å². The molecule has 6 aromatic carbocycles. The van der Waals surface area contributed by atoms with Gasteiger partial charge >= 0.3 is 0 Å². The number of phenolic OH excluding ortho intramolecular Hbond substituents is 1. The van der Waals surface area contributed by atoms with Gasteiger partial charge in [-0.2, -0.15) is 0 Å². The first-order valence-corrected chi connectivity index (χ1v) is 21.8. The molecule has 1 aromatic heterocycles. The molecule has 3 heteroatoms. The molecule has 0 saturated carbocycles. The zero-order valence-electron chi connectivity index (χ0n) is 36.5. The molecule has 1 unspecified atom stereocenters. The molecule has 0 amide bonds. The van der Waals surface area contributed by atoms with Crippen molar-refractivity contribution in [1.82, 2.24) is 4.98 Å². The molecule has 1 atom stereocenters. The summed E-state index contributed by atoms with van der Waals surface area (Å²) in [6.45, 7) is 18.1. The largest absolute Gasteiger partial charge is 0.507 e. The molecule has 0 radical (unpaired) electrons. The van der Waals surface area contributed by atoms with Crippen molar-refractivity contribution < 1.29 is 5.11 Å². The van der Waals surface area contributed by atoms with Gasteiger partial charge in [-0.3, -0.25) is 9.98 Å². The number of phenols is 1. The minimum atomic E-state index is -0.0723. The average molecular weight is 787 g/mol. The van der Waals surface area contributed by atoms with E-state index in [2.05, 4.69) is 194 Å². The van der Waals surface area contributed by atoms with Gasteiger partial charge in [-0.1, -0.05) is 171 Å². The van der Waals surface area contributed by atoms with Gasteiger partial charge < -0.3 is 5.11 Å². The summed E-state index contributed by atoms with van der Waals surface area (Å²) in [6.07, 6.45) is 7.54. The molecular formula is C57H58N2O. The number of aromatic hydroxyl groups is 1. The van der Waals surface area contributed by atoms with Gasteiger partial charge in [0.1, 0.15) is 5.75 Å². The zero-order valence-corrected chi connectivity index (χ0v) is 36.5. The Kier molecular flexibility index (Phi) is 11.7. The van der Waals surface area contributed by atoms with Crippen molar-refractivity contribution in [3.8, 4) is 16.9 Å². The number of fused-ring (bicyclic) bond motifs is 1. The van der Waals surface area contributed by atoms with Gasteiger partial charge in [0.25, 0.3) is 0 Å². The Morgan fingerprint density at radius 2 is 1.03 bits per heavy atom. The van der Waals surface area contributed by atoms with Crippen LogP contribution in [0.4, 0.5) is 0 Å². The normalized spacial score (nSPS) is 14.2. The molecule has 1 N–H and O–H groups in total. The highest BCUT2D eigenvalue weighted by Crippen LogP contribution is 2.43. The number of hydrogen-bond acceptors (Lipinski definition) is 3. The van der Waals surface area contributed by atoms with Gasteiger partial charge in [0.2, 0.25) is 0 Å². The van der Waals surface area contributed by atoms with Crippen molar-refractivity contribution >= 4 is 22.2 Å². The Balaban J connectivity index is 1.31. The number of aliphatic imine (C=N–C) groups is 1. The quantitative estimate of drug-likeness (QED) is 0.134. The van der Waals surface area contributed by atoms with Crippen molar-refractivity contribution in [3.05, 3.63) is 207 Å². The molecule has 0 bridgehead atoms. The molecule has 0 fully saturated rings. The van der Waals surface area contributed by atoms with Gasteiger partial charge in [-0.25, -0.2) is 0 Å². The smallest absolute Gasteiger partial charge is 0.128 e. The van der Waals surface area contributed by atoms with Crippen LogP contribution in [0.15, 0.2) is 151 Å². The summed E-state index contributed by atoms with van der Waals surface area (Å²) in [5.41, 5.74) is 16.9. The van der Waals surface area contributed by atoms with E-state index in [9.17, 15) is 5.11 Å². The molecule has 302 valence electrons. The predicted octanol–water partition coefficient (Wildman–Crippen LogP) is 14.9. The Labute approximate surface area is 357 Å². The maximum absolute atomic E-state index is 12.6. The number of nitrogens with zero attached hydrogens (tertiary/aromatic N) is 2. The van der Waals surface area contributed by atoms with E-state index in [0.29, 0.717) is 30.1 Å². The lowest BCUT2D eigenvalue weighted by atomic mass is 9.85. The number of rotatable bonds is 12. The van der Waals surface area contributed by atoms with E-state index < -0.39 is 0 Å². The summed E-state index contributed by atoms with van der Waals surface area (Å²) in [4.78, 5) is 10.1. The molecule has 1 aliphatic heterocycles. The highest BCUT2D eigenvalue weighted by atomic mass is 16.3. The van der Waals surface area contributed by atoms with Gasteiger partial charge in [0, 0.05) is 35.7 Å². The third-order valence-electron chi connectivity index (χ3n) is 12.4. The van der Waals surface area contributed by atoms with Crippen molar-refractivity contribution in [2.75, 3.05) is 0 Å². The fourth-order valence-corrected chi connectivity index (χ4v) is 8.61. The number of pyridine rings is 1. The SMILES string of the molecule is CC(C)c1cc(-c2cc(Cc3ccccc3Cc3cncc4ccccc34)c(O)c(C3=CC(c4cc(C(C)C)cc(C(C)C)c4)C(c4ccccc4)=N3)c2)cc(C(C)C)c1. The molecule has 8 rings (SSSR count). The second-order valence-electron chi connectivity index (χ2n) is 18.0. The molecule has 0 spiro atoms. The van der Waals surface area contributed by atoms with Crippen LogP contribution in [0.25, 0.3) is 27.6 Å². The fraction of sp³-hybridized carbons (Fsp3) is 0.263. The van der Waals surface area contributed by atoms with Crippen molar-refractivity contribution in [2.24, 2.45) is 4.99 Å². The maximum Gasteiger partial charge on any atom is 0.128 e. The lowest BCUT2D eigenvalue weighted by Crippen LogP contribution is -2.10. The van der Waals surface area contributed by atoms with Crippen molar-refractivity contribution in [3.63, 3.8) is 0 Å². The molecule has 7 aromatic rings. The van der Waals surface area contributed by atoms with E-state index in [1.165, 1.54) is 49.9 Å². The van der Waals surface area contributed by atoms with E-state index in [0.717, 1.165) is 51.0 Å². The van der Waals surface area contributed by atoms with Crippen LogP contribution in [0.1, 0.15) is 146 Å². The highest BCUT2D eigenvalue weighted by molar-refractivity contribution is 6.12. The predicted molar refractivity (Wildman–Crippen MR) is 254 cm³/mol. The van der Waals surface area contributed by atoms with Crippen molar-refractivity contribution in [2.45, 2.75) is 97.8 Å². The molecule has 0 saturated heterocycles. The van der Waals surface area contributed by atoms with Crippen LogP contribution >= 0.6 is 0 Å². The first-order valence-electron chi connectivity index (χ1n) is 21.8. The average Bonchev–Trinajstić information content (AvgIpc) is 3.70. The Bertz CT molecular complexity index is 2670.